The second-order valence-electron chi connectivity index (χ2n) is 7.27. The molecule has 0 aliphatic heterocycles. The monoisotopic (exact) mass is 320 g/mol. The third-order valence-electron chi connectivity index (χ3n) is 4.88. The molecule has 1 aliphatic rings. The first-order chi connectivity index (χ1) is 8.66. The Morgan fingerprint density at radius 2 is 1.68 bits per heavy atom. The summed E-state index contributed by atoms with van der Waals surface area (Å²) in [5.74, 6) is 0. The molecule has 114 valence electrons. The Bertz CT molecular complexity index is 282. The van der Waals surface area contributed by atoms with Crippen molar-refractivity contribution in [1.82, 2.24) is 0 Å². The Morgan fingerprint density at radius 1 is 1.11 bits per heavy atom. The lowest BCUT2D eigenvalue weighted by Crippen LogP contribution is -2.45. The summed E-state index contributed by atoms with van der Waals surface area (Å²) in [4.78, 5) is 0. The van der Waals surface area contributed by atoms with Crippen molar-refractivity contribution < 1.29 is 4.43 Å². The van der Waals surface area contributed by atoms with Crippen LogP contribution in [0.4, 0.5) is 0 Å². The van der Waals surface area contributed by atoms with Crippen molar-refractivity contribution in [3.63, 3.8) is 0 Å². The molecule has 0 aromatic rings. The SMILES string of the molecule is CSC1(SC)CCCCC(O[Si](C)(C)C(C)(C)C)C1. The van der Waals surface area contributed by atoms with E-state index in [1.165, 1.54) is 32.1 Å². The van der Waals surface area contributed by atoms with Gasteiger partial charge in [0.25, 0.3) is 0 Å². The molecular formula is C15H32OS2Si. The lowest BCUT2D eigenvalue weighted by Gasteiger charge is -2.41. The minimum absolute atomic E-state index is 0.320. The van der Waals surface area contributed by atoms with E-state index < -0.39 is 8.32 Å². The molecule has 0 N–H and O–H groups in total. The fourth-order valence-electron chi connectivity index (χ4n) is 2.47. The predicted molar refractivity (Wildman–Crippen MR) is 94.9 cm³/mol. The third-order valence-corrected chi connectivity index (χ3v) is 12.6. The van der Waals surface area contributed by atoms with E-state index in [1.54, 1.807) is 0 Å². The molecule has 19 heavy (non-hydrogen) atoms. The van der Waals surface area contributed by atoms with Gasteiger partial charge >= 0.3 is 0 Å². The Kier molecular flexibility index (Phi) is 6.38. The smallest absolute Gasteiger partial charge is 0.192 e. The maximum atomic E-state index is 6.69. The van der Waals surface area contributed by atoms with Crippen LogP contribution in [-0.2, 0) is 4.43 Å². The first-order valence-corrected chi connectivity index (χ1v) is 12.8. The maximum Gasteiger partial charge on any atom is 0.192 e. The molecule has 1 unspecified atom stereocenters. The fourth-order valence-corrected chi connectivity index (χ4v) is 5.92. The Hall–Kier alpha value is 0.877. The van der Waals surface area contributed by atoms with Crippen molar-refractivity contribution in [2.45, 2.75) is 81.2 Å². The molecule has 4 heteroatoms. The highest BCUT2D eigenvalue weighted by molar-refractivity contribution is 8.17. The fraction of sp³-hybridized carbons (Fsp3) is 1.00. The average Bonchev–Trinajstić information content (AvgIpc) is 2.50. The van der Waals surface area contributed by atoms with Crippen LogP contribution in [0.2, 0.25) is 18.1 Å². The largest absolute Gasteiger partial charge is 0.414 e. The van der Waals surface area contributed by atoms with Crippen molar-refractivity contribution in [1.29, 1.82) is 0 Å². The molecule has 0 aromatic carbocycles. The van der Waals surface area contributed by atoms with Crippen molar-refractivity contribution in [3.05, 3.63) is 0 Å². The molecule has 1 saturated carbocycles. The first kappa shape index (κ1) is 17.9. The van der Waals surface area contributed by atoms with Crippen LogP contribution in [-0.4, -0.2) is 31.0 Å². The van der Waals surface area contributed by atoms with Crippen molar-refractivity contribution >= 4 is 31.8 Å². The molecule has 1 atom stereocenters. The Balaban J connectivity index is 2.77. The summed E-state index contributed by atoms with van der Waals surface area (Å²) in [6.45, 7) is 11.8. The number of thioether (sulfide) groups is 2. The van der Waals surface area contributed by atoms with Crippen LogP contribution in [0.1, 0.15) is 52.9 Å². The van der Waals surface area contributed by atoms with Crippen LogP contribution in [0.15, 0.2) is 0 Å². The van der Waals surface area contributed by atoms with Gasteiger partial charge in [-0.15, -0.1) is 23.5 Å². The molecular weight excluding hydrogens is 288 g/mol. The molecule has 0 aromatic heterocycles. The van der Waals surface area contributed by atoms with Crippen LogP contribution in [0, 0.1) is 0 Å². The zero-order valence-corrected chi connectivity index (χ0v) is 16.5. The van der Waals surface area contributed by atoms with E-state index in [-0.39, 0.29) is 0 Å². The van der Waals surface area contributed by atoms with Crippen LogP contribution >= 0.6 is 23.5 Å². The molecule has 0 amide bonds. The van der Waals surface area contributed by atoms with Gasteiger partial charge in [-0.3, -0.25) is 0 Å². The summed E-state index contributed by atoms with van der Waals surface area (Å²) in [6.07, 6.45) is 11.5. The van der Waals surface area contributed by atoms with E-state index in [1.807, 2.05) is 23.5 Å². The highest BCUT2D eigenvalue weighted by Gasteiger charge is 2.42. The van der Waals surface area contributed by atoms with E-state index in [4.69, 9.17) is 4.43 Å². The molecule has 1 rings (SSSR count). The van der Waals surface area contributed by atoms with Crippen LogP contribution in [0.25, 0.3) is 0 Å². The van der Waals surface area contributed by atoms with Crippen molar-refractivity contribution in [3.8, 4) is 0 Å². The lowest BCUT2D eigenvalue weighted by atomic mass is 10.1. The van der Waals surface area contributed by atoms with Gasteiger partial charge < -0.3 is 4.43 Å². The maximum absolute atomic E-state index is 6.69. The summed E-state index contributed by atoms with van der Waals surface area (Å²) >= 11 is 4.08. The van der Waals surface area contributed by atoms with Crippen LogP contribution < -0.4 is 0 Å². The lowest BCUT2D eigenvalue weighted by molar-refractivity contribution is 0.163. The summed E-state index contributed by atoms with van der Waals surface area (Å²) in [6, 6.07) is 0. The topological polar surface area (TPSA) is 9.23 Å². The first-order valence-electron chi connectivity index (χ1n) is 7.44. The second-order valence-corrected chi connectivity index (χ2v) is 14.7. The van der Waals surface area contributed by atoms with E-state index in [2.05, 4.69) is 46.4 Å². The van der Waals surface area contributed by atoms with Gasteiger partial charge in [-0.25, -0.2) is 0 Å². The quantitative estimate of drug-likeness (QED) is 0.370. The summed E-state index contributed by atoms with van der Waals surface area (Å²) in [5.41, 5.74) is 0. The molecule has 1 fully saturated rings. The zero-order valence-electron chi connectivity index (χ0n) is 13.8. The van der Waals surface area contributed by atoms with E-state index >= 15 is 0 Å². The molecule has 0 saturated heterocycles. The van der Waals surface area contributed by atoms with Gasteiger partial charge in [-0.1, -0.05) is 33.6 Å². The highest BCUT2D eigenvalue weighted by atomic mass is 32.2. The number of rotatable bonds is 4. The van der Waals surface area contributed by atoms with Gasteiger partial charge in [0, 0.05) is 6.10 Å². The molecule has 0 heterocycles. The van der Waals surface area contributed by atoms with Gasteiger partial charge in [-0.05, 0) is 49.9 Å². The van der Waals surface area contributed by atoms with Gasteiger partial charge in [0.1, 0.15) is 0 Å². The molecule has 1 nitrogen and oxygen atoms in total. The van der Waals surface area contributed by atoms with E-state index in [0.717, 1.165) is 0 Å². The van der Waals surface area contributed by atoms with Crippen LogP contribution in [0.3, 0.4) is 0 Å². The van der Waals surface area contributed by atoms with Gasteiger partial charge in [0.2, 0.25) is 0 Å². The van der Waals surface area contributed by atoms with Gasteiger partial charge in [0.05, 0.1) is 4.08 Å². The highest BCUT2D eigenvalue weighted by Crippen LogP contribution is 2.47. The number of hydrogen-bond donors (Lipinski definition) is 0. The number of hydrogen-bond acceptors (Lipinski definition) is 3. The minimum atomic E-state index is -1.62. The van der Waals surface area contributed by atoms with E-state index in [0.29, 0.717) is 15.2 Å². The standard InChI is InChI=1S/C15H32OS2Si/c1-14(2,3)19(6,7)16-13-10-8-9-11-15(12-13,17-4)18-5/h13H,8-12H2,1-7H3. The minimum Gasteiger partial charge on any atom is -0.414 e. The van der Waals surface area contributed by atoms with Crippen LogP contribution in [0.5, 0.6) is 0 Å². The summed E-state index contributed by atoms with van der Waals surface area (Å²) in [5, 5.41) is 0.320. The van der Waals surface area contributed by atoms with Crippen molar-refractivity contribution in [2.24, 2.45) is 0 Å². The predicted octanol–water partition coefficient (Wildman–Crippen LogP) is 5.76. The normalized spacial score (nSPS) is 25.1. The molecule has 0 spiro atoms. The Labute approximate surface area is 130 Å². The van der Waals surface area contributed by atoms with Crippen molar-refractivity contribution in [2.75, 3.05) is 12.5 Å². The summed E-state index contributed by atoms with van der Waals surface area (Å²) < 4.78 is 7.09. The van der Waals surface area contributed by atoms with Gasteiger partial charge in [-0.2, -0.15) is 0 Å². The zero-order chi connectivity index (χ0) is 14.7. The molecule has 0 radical (unpaired) electrons. The summed E-state index contributed by atoms with van der Waals surface area (Å²) in [7, 11) is -1.62. The van der Waals surface area contributed by atoms with Gasteiger partial charge in [0.15, 0.2) is 8.32 Å². The molecule has 1 aliphatic carbocycles. The average molecular weight is 321 g/mol. The molecule has 0 bridgehead atoms. The Morgan fingerprint density at radius 3 is 2.16 bits per heavy atom. The second kappa shape index (κ2) is 6.76. The van der Waals surface area contributed by atoms with E-state index in [9.17, 15) is 0 Å². The third kappa shape index (κ3) is 4.68.